The van der Waals surface area contributed by atoms with Gasteiger partial charge in [-0.3, -0.25) is 14.7 Å². The molecular formula is C22H31N5O. The number of para-hydroxylation sites is 1. The molecule has 3 aliphatic heterocycles. The van der Waals surface area contributed by atoms with Gasteiger partial charge in [-0.2, -0.15) is 0 Å². The lowest BCUT2D eigenvalue weighted by molar-refractivity contribution is -0.123. The summed E-state index contributed by atoms with van der Waals surface area (Å²) >= 11 is 0. The number of rotatable bonds is 3. The predicted octanol–water partition coefficient (Wildman–Crippen LogP) is 2.42. The molecule has 4 aliphatic rings. The van der Waals surface area contributed by atoms with Gasteiger partial charge in [-0.05, 0) is 25.0 Å². The first-order valence-corrected chi connectivity index (χ1v) is 10.9. The Labute approximate surface area is 167 Å². The molecule has 0 aromatic heterocycles. The zero-order chi connectivity index (χ0) is 19.0. The quantitative estimate of drug-likeness (QED) is 0.844. The average Bonchev–Trinajstić information content (AvgIpc) is 3.22. The van der Waals surface area contributed by atoms with Crippen molar-refractivity contribution < 1.29 is 4.79 Å². The van der Waals surface area contributed by atoms with Crippen LogP contribution in [-0.2, 0) is 4.79 Å². The lowest BCUT2D eigenvalue weighted by Crippen LogP contribution is -2.63. The van der Waals surface area contributed by atoms with Crippen LogP contribution in [0.2, 0.25) is 0 Å². The van der Waals surface area contributed by atoms with E-state index in [1.54, 1.807) is 0 Å². The van der Waals surface area contributed by atoms with Crippen molar-refractivity contribution in [1.82, 2.24) is 15.1 Å². The Hall–Kier alpha value is -2.08. The molecule has 0 radical (unpaired) electrons. The van der Waals surface area contributed by atoms with Crippen LogP contribution in [0.15, 0.2) is 29.3 Å². The predicted molar refractivity (Wildman–Crippen MR) is 112 cm³/mol. The van der Waals surface area contributed by atoms with E-state index in [0.717, 1.165) is 57.7 Å². The summed E-state index contributed by atoms with van der Waals surface area (Å²) in [7, 11) is 0. The normalized spacial score (nSPS) is 24.3. The number of nitrogens with zero attached hydrogens (tertiary/aromatic N) is 3. The van der Waals surface area contributed by atoms with Gasteiger partial charge in [0.1, 0.15) is 11.5 Å². The van der Waals surface area contributed by atoms with Gasteiger partial charge in [0.05, 0.1) is 13.1 Å². The van der Waals surface area contributed by atoms with Gasteiger partial charge in [0.25, 0.3) is 0 Å². The summed E-state index contributed by atoms with van der Waals surface area (Å²) in [6.07, 6.45) is 8.14. The summed E-state index contributed by atoms with van der Waals surface area (Å²) in [6, 6.07) is 8.91. The summed E-state index contributed by atoms with van der Waals surface area (Å²) in [4.78, 5) is 22.1. The van der Waals surface area contributed by atoms with Crippen LogP contribution in [0.4, 0.5) is 5.69 Å². The number of hydrogen-bond acceptors (Lipinski definition) is 5. The second kappa shape index (κ2) is 7.39. The smallest absolute Gasteiger partial charge is 0.234 e. The lowest BCUT2D eigenvalue weighted by Gasteiger charge is -2.52. The molecular weight excluding hydrogens is 350 g/mol. The van der Waals surface area contributed by atoms with Crippen LogP contribution < -0.4 is 10.6 Å². The Morgan fingerprint density at radius 2 is 1.93 bits per heavy atom. The van der Waals surface area contributed by atoms with Crippen molar-refractivity contribution >= 4 is 17.4 Å². The van der Waals surface area contributed by atoms with Crippen molar-refractivity contribution in [2.45, 2.75) is 56.7 Å². The van der Waals surface area contributed by atoms with Crippen LogP contribution in [0.5, 0.6) is 0 Å². The number of hydrogen-bond donors (Lipinski definition) is 2. The van der Waals surface area contributed by atoms with E-state index in [0.29, 0.717) is 12.6 Å². The molecule has 0 bridgehead atoms. The van der Waals surface area contributed by atoms with Gasteiger partial charge >= 0.3 is 0 Å². The van der Waals surface area contributed by atoms with Gasteiger partial charge in [-0.1, -0.05) is 31.4 Å². The van der Waals surface area contributed by atoms with E-state index in [2.05, 4.69) is 44.7 Å². The number of nitrogens with one attached hydrogen (secondary N) is 2. The maximum Gasteiger partial charge on any atom is 0.234 e. The van der Waals surface area contributed by atoms with Gasteiger partial charge < -0.3 is 15.5 Å². The van der Waals surface area contributed by atoms with E-state index in [1.165, 1.54) is 30.5 Å². The first kappa shape index (κ1) is 18.0. The van der Waals surface area contributed by atoms with Crippen LogP contribution in [0.3, 0.4) is 0 Å². The highest BCUT2D eigenvalue weighted by molar-refractivity contribution is 6.06. The Balaban J connectivity index is 1.22. The second-order valence-corrected chi connectivity index (χ2v) is 8.74. The van der Waals surface area contributed by atoms with E-state index in [1.807, 2.05) is 0 Å². The number of piperidine rings is 1. The minimum absolute atomic E-state index is 0.0555. The van der Waals surface area contributed by atoms with Crippen molar-refractivity contribution in [3.8, 4) is 0 Å². The third-order valence-electron chi connectivity index (χ3n) is 6.91. The molecule has 2 N–H and O–H groups in total. The molecule has 6 heteroatoms. The number of carbonyl (C=O) groups is 1. The highest BCUT2D eigenvalue weighted by atomic mass is 16.2. The fraction of sp³-hybridized carbons (Fsp3) is 0.636. The molecule has 1 saturated heterocycles. The molecule has 150 valence electrons. The first-order valence-electron chi connectivity index (χ1n) is 10.9. The van der Waals surface area contributed by atoms with Crippen LogP contribution in [-0.4, -0.2) is 66.0 Å². The number of anilines is 1. The number of amides is 1. The minimum Gasteiger partial charge on any atom is -0.362 e. The molecule has 1 spiro atoms. The SMILES string of the molecule is O=C(CN1CCC2(CC1)Nc1ccccc1C1=NCCN12)NC1CCCCC1. The highest BCUT2D eigenvalue weighted by Gasteiger charge is 2.46. The third-order valence-corrected chi connectivity index (χ3v) is 6.91. The molecule has 1 amide bonds. The summed E-state index contributed by atoms with van der Waals surface area (Å²) < 4.78 is 0. The molecule has 1 aromatic carbocycles. The van der Waals surface area contributed by atoms with Gasteiger partial charge in [-0.25, -0.2) is 0 Å². The zero-order valence-corrected chi connectivity index (χ0v) is 16.6. The highest BCUT2D eigenvalue weighted by Crippen LogP contribution is 2.39. The van der Waals surface area contributed by atoms with E-state index in [9.17, 15) is 4.79 Å². The Kier molecular flexibility index (Phi) is 4.75. The van der Waals surface area contributed by atoms with Gasteiger partial charge in [0.15, 0.2) is 0 Å². The van der Waals surface area contributed by atoms with Crippen molar-refractivity contribution in [2.24, 2.45) is 4.99 Å². The number of aliphatic imine (C=N–C) groups is 1. The monoisotopic (exact) mass is 381 g/mol. The largest absolute Gasteiger partial charge is 0.362 e. The zero-order valence-electron chi connectivity index (χ0n) is 16.6. The van der Waals surface area contributed by atoms with Crippen molar-refractivity contribution in [2.75, 3.05) is 38.0 Å². The maximum atomic E-state index is 12.5. The van der Waals surface area contributed by atoms with E-state index in [-0.39, 0.29) is 11.6 Å². The Morgan fingerprint density at radius 1 is 1.14 bits per heavy atom. The summed E-state index contributed by atoms with van der Waals surface area (Å²) in [6.45, 7) is 4.28. The number of likely N-dealkylation sites (tertiary alicyclic amines) is 1. The fourth-order valence-electron chi connectivity index (χ4n) is 5.40. The lowest BCUT2D eigenvalue weighted by atomic mass is 9.90. The topological polar surface area (TPSA) is 60.0 Å². The Bertz CT molecular complexity index is 762. The molecule has 1 saturated carbocycles. The van der Waals surface area contributed by atoms with Crippen molar-refractivity contribution in [1.29, 1.82) is 0 Å². The molecule has 2 fully saturated rings. The van der Waals surface area contributed by atoms with Crippen molar-refractivity contribution in [3.05, 3.63) is 29.8 Å². The molecule has 6 nitrogen and oxygen atoms in total. The van der Waals surface area contributed by atoms with Gasteiger partial charge in [0, 0.05) is 49.8 Å². The molecule has 1 aliphatic carbocycles. The third kappa shape index (κ3) is 3.28. The molecule has 5 rings (SSSR count). The molecule has 1 aromatic rings. The minimum atomic E-state index is -0.0555. The summed E-state index contributed by atoms with van der Waals surface area (Å²) in [5.74, 6) is 1.35. The molecule has 0 atom stereocenters. The number of carbonyl (C=O) groups excluding carboxylic acids is 1. The first-order chi connectivity index (χ1) is 13.7. The van der Waals surface area contributed by atoms with E-state index in [4.69, 9.17) is 4.99 Å². The Morgan fingerprint density at radius 3 is 2.75 bits per heavy atom. The fourth-order valence-corrected chi connectivity index (χ4v) is 5.40. The van der Waals surface area contributed by atoms with E-state index >= 15 is 0 Å². The molecule has 3 heterocycles. The van der Waals surface area contributed by atoms with Crippen molar-refractivity contribution in [3.63, 3.8) is 0 Å². The van der Waals surface area contributed by atoms with Crippen LogP contribution in [0.1, 0.15) is 50.5 Å². The van der Waals surface area contributed by atoms with Gasteiger partial charge in [0.2, 0.25) is 5.91 Å². The number of amidine groups is 1. The maximum absolute atomic E-state index is 12.5. The van der Waals surface area contributed by atoms with Crippen LogP contribution >= 0.6 is 0 Å². The van der Waals surface area contributed by atoms with Crippen LogP contribution in [0.25, 0.3) is 0 Å². The molecule has 28 heavy (non-hydrogen) atoms. The second-order valence-electron chi connectivity index (χ2n) is 8.74. The van der Waals surface area contributed by atoms with Crippen LogP contribution in [0, 0.1) is 0 Å². The summed E-state index contributed by atoms with van der Waals surface area (Å²) in [5, 5.41) is 7.10. The number of fused-ring (bicyclic) bond motifs is 4. The summed E-state index contributed by atoms with van der Waals surface area (Å²) in [5.41, 5.74) is 2.36. The average molecular weight is 382 g/mol. The number of benzene rings is 1. The molecule has 0 unspecified atom stereocenters. The van der Waals surface area contributed by atoms with Gasteiger partial charge in [-0.15, -0.1) is 0 Å². The standard InChI is InChI=1S/C22H31N5O/c28-20(24-17-6-2-1-3-7-17)16-26-13-10-22(11-14-26)25-19-9-5-4-8-18(19)21-23-12-15-27(21)22/h4-5,8-9,17,25H,1-3,6-7,10-16H2,(H,24,28). The van der Waals surface area contributed by atoms with E-state index < -0.39 is 0 Å².